The van der Waals surface area contributed by atoms with Crippen molar-refractivity contribution >= 4 is 12.0 Å². The number of aliphatic carboxylic acids is 1. The van der Waals surface area contributed by atoms with Crippen molar-refractivity contribution in [3.63, 3.8) is 0 Å². The molecule has 6 heteroatoms. The molecule has 0 aromatic rings. The van der Waals surface area contributed by atoms with Crippen LogP contribution in [0.5, 0.6) is 0 Å². The van der Waals surface area contributed by atoms with Crippen molar-refractivity contribution in [3.05, 3.63) is 0 Å². The second kappa shape index (κ2) is 7.99. The van der Waals surface area contributed by atoms with Crippen LogP contribution >= 0.6 is 0 Å². The number of carbonyl (C=O) groups excluding carboxylic acids is 1. The molecule has 0 aromatic carbocycles. The summed E-state index contributed by atoms with van der Waals surface area (Å²) in [5.74, 6) is -0.974. The normalized spacial score (nSPS) is 17.8. The van der Waals surface area contributed by atoms with E-state index in [-0.39, 0.29) is 12.1 Å². The lowest BCUT2D eigenvalue weighted by molar-refractivity contribution is -0.139. The van der Waals surface area contributed by atoms with Crippen LogP contribution in [0.4, 0.5) is 4.79 Å². The Balaban J connectivity index is 2.63. The van der Waals surface area contributed by atoms with Gasteiger partial charge < -0.3 is 20.6 Å². The number of carboxylic acids is 1. The highest BCUT2D eigenvalue weighted by atomic mass is 16.4. The van der Waals surface area contributed by atoms with E-state index < -0.39 is 12.0 Å². The number of carboxylic acid groups (broad SMARTS) is 1. The van der Waals surface area contributed by atoms with Crippen LogP contribution in [0.25, 0.3) is 0 Å². The predicted molar refractivity (Wildman–Crippen MR) is 73.1 cm³/mol. The van der Waals surface area contributed by atoms with Gasteiger partial charge in [0.25, 0.3) is 0 Å². The lowest BCUT2D eigenvalue weighted by Crippen LogP contribution is -2.53. The number of rotatable bonds is 6. The zero-order valence-corrected chi connectivity index (χ0v) is 11.8. The van der Waals surface area contributed by atoms with Crippen molar-refractivity contribution in [2.45, 2.75) is 51.6 Å². The van der Waals surface area contributed by atoms with Gasteiger partial charge in [0.15, 0.2) is 0 Å². The maximum Gasteiger partial charge on any atom is 0.326 e. The number of piperidine rings is 1. The Morgan fingerprint density at radius 2 is 2.00 bits per heavy atom. The molecule has 6 nitrogen and oxygen atoms in total. The van der Waals surface area contributed by atoms with E-state index in [0.29, 0.717) is 13.0 Å². The molecule has 1 atom stereocenters. The van der Waals surface area contributed by atoms with Crippen molar-refractivity contribution < 1.29 is 14.7 Å². The average Bonchev–Trinajstić information content (AvgIpc) is 2.42. The minimum Gasteiger partial charge on any atom is -0.480 e. The molecular formula is C13H25N3O3. The molecule has 1 fully saturated rings. The molecular weight excluding hydrogens is 246 g/mol. The van der Waals surface area contributed by atoms with Gasteiger partial charge in [-0.05, 0) is 38.8 Å². The molecule has 0 aromatic heterocycles. The molecule has 1 rings (SSSR count). The highest BCUT2D eigenvalue weighted by Crippen LogP contribution is 2.13. The zero-order valence-electron chi connectivity index (χ0n) is 11.8. The van der Waals surface area contributed by atoms with Gasteiger partial charge in [-0.2, -0.15) is 0 Å². The van der Waals surface area contributed by atoms with Crippen molar-refractivity contribution in [1.29, 1.82) is 0 Å². The summed E-state index contributed by atoms with van der Waals surface area (Å²) in [6.45, 7) is 6.28. The highest BCUT2D eigenvalue weighted by molar-refractivity contribution is 5.82. The molecule has 1 saturated heterocycles. The Morgan fingerprint density at radius 1 is 1.37 bits per heavy atom. The van der Waals surface area contributed by atoms with Gasteiger partial charge in [-0.3, -0.25) is 0 Å². The van der Waals surface area contributed by atoms with Gasteiger partial charge in [-0.25, -0.2) is 9.59 Å². The predicted octanol–water partition coefficient (Wildman–Crippen LogP) is 1.02. The van der Waals surface area contributed by atoms with Crippen LogP contribution in [0, 0.1) is 0 Å². The third kappa shape index (κ3) is 4.70. The van der Waals surface area contributed by atoms with Crippen molar-refractivity contribution in [2.24, 2.45) is 0 Å². The number of hydrogen-bond donors (Lipinski definition) is 3. The Kier molecular flexibility index (Phi) is 6.62. The van der Waals surface area contributed by atoms with E-state index in [1.165, 1.54) is 0 Å². The maximum absolute atomic E-state index is 12.2. The lowest BCUT2D eigenvalue weighted by atomic mass is 10.0. The molecule has 0 spiro atoms. The molecule has 0 aliphatic carbocycles. The number of nitrogens with zero attached hydrogens (tertiary/aromatic N) is 1. The highest BCUT2D eigenvalue weighted by Gasteiger charge is 2.27. The fourth-order valence-corrected chi connectivity index (χ4v) is 2.38. The first-order valence-electron chi connectivity index (χ1n) is 7.10. The summed E-state index contributed by atoms with van der Waals surface area (Å²) < 4.78 is 0. The van der Waals surface area contributed by atoms with Crippen molar-refractivity contribution in [3.8, 4) is 0 Å². The van der Waals surface area contributed by atoms with E-state index in [2.05, 4.69) is 10.6 Å². The molecule has 110 valence electrons. The number of hydrogen-bond acceptors (Lipinski definition) is 3. The van der Waals surface area contributed by atoms with Crippen LogP contribution in [-0.4, -0.2) is 53.7 Å². The minimum atomic E-state index is -0.974. The average molecular weight is 271 g/mol. The molecule has 0 radical (unpaired) electrons. The van der Waals surface area contributed by atoms with Crippen LogP contribution < -0.4 is 10.6 Å². The van der Waals surface area contributed by atoms with E-state index in [4.69, 9.17) is 5.11 Å². The summed E-state index contributed by atoms with van der Waals surface area (Å²) in [4.78, 5) is 25.0. The molecule has 0 saturated carbocycles. The third-order valence-corrected chi connectivity index (χ3v) is 3.48. The van der Waals surface area contributed by atoms with E-state index in [1.54, 1.807) is 11.8 Å². The Bertz CT molecular complexity index is 304. The zero-order chi connectivity index (χ0) is 14.3. The summed E-state index contributed by atoms with van der Waals surface area (Å²) in [7, 11) is 0. The molecule has 1 unspecified atom stereocenters. The number of carbonyl (C=O) groups is 2. The molecule has 1 aliphatic heterocycles. The monoisotopic (exact) mass is 271 g/mol. The van der Waals surface area contributed by atoms with Crippen LogP contribution in [0.3, 0.4) is 0 Å². The van der Waals surface area contributed by atoms with Gasteiger partial charge in [0, 0.05) is 12.6 Å². The minimum absolute atomic E-state index is 0.215. The smallest absolute Gasteiger partial charge is 0.326 e. The van der Waals surface area contributed by atoms with Gasteiger partial charge in [0.2, 0.25) is 0 Å². The second-order valence-electron chi connectivity index (χ2n) is 4.92. The summed E-state index contributed by atoms with van der Waals surface area (Å²) in [6.07, 6.45) is 3.13. The second-order valence-corrected chi connectivity index (χ2v) is 4.92. The summed E-state index contributed by atoms with van der Waals surface area (Å²) in [5, 5.41) is 14.9. The first-order valence-corrected chi connectivity index (χ1v) is 7.10. The van der Waals surface area contributed by atoms with Gasteiger partial charge in [-0.15, -0.1) is 0 Å². The number of nitrogens with one attached hydrogen (secondary N) is 2. The standard InChI is InChI=1S/C13H25N3O3/c1-3-9-16(10-5-7-14-8-6-10)13(19)15-11(4-2)12(17)18/h10-11,14H,3-9H2,1-2H3,(H,15,19)(H,17,18). The van der Waals surface area contributed by atoms with E-state index >= 15 is 0 Å². The first kappa shape index (κ1) is 15.8. The SMILES string of the molecule is CCCN(C(=O)NC(CC)C(=O)O)C1CCNCC1. The molecule has 19 heavy (non-hydrogen) atoms. The molecule has 2 amide bonds. The lowest BCUT2D eigenvalue weighted by Gasteiger charge is -2.35. The third-order valence-electron chi connectivity index (χ3n) is 3.48. The maximum atomic E-state index is 12.2. The van der Waals surface area contributed by atoms with Gasteiger partial charge in [0.1, 0.15) is 6.04 Å². The van der Waals surface area contributed by atoms with Crippen molar-refractivity contribution in [1.82, 2.24) is 15.5 Å². The van der Waals surface area contributed by atoms with Gasteiger partial charge >= 0.3 is 12.0 Å². The van der Waals surface area contributed by atoms with Crippen LogP contribution in [0.15, 0.2) is 0 Å². The van der Waals surface area contributed by atoms with Crippen molar-refractivity contribution in [2.75, 3.05) is 19.6 Å². The van der Waals surface area contributed by atoms with E-state index in [9.17, 15) is 9.59 Å². The number of urea groups is 1. The molecule has 3 N–H and O–H groups in total. The Morgan fingerprint density at radius 3 is 2.47 bits per heavy atom. The first-order chi connectivity index (χ1) is 9.10. The van der Waals surface area contributed by atoms with Crippen LogP contribution in [-0.2, 0) is 4.79 Å². The fraction of sp³-hybridized carbons (Fsp3) is 0.846. The van der Waals surface area contributed by atoms with Crippen LogP contribution in [0.2, 0.25) is 0 Å². The molecule has 1 aliphatic rings. The Labute approximate surface area is 114 Å². The van der Waals surface area contributed by atoms with Gasteiger partial charge in [0.05, 0.1) is 0 Å². The van der Waals surface area contributed by atoms with Gasteiger partial charge in [-0.1, -0.05) is 13.8 Å². The Hall–Kier alpha value is -1.30. The fourth-order valence-electron chi connectivity index (χ4n) is 2.38. The largest absolute Gasteiger partial charge is 0.480 e. The summed E-state index contributed by atoms with van der Waals surface area (Å²) in [5.41, 5.74) is 0. The number of amides is 2. The molecule has 0 bridgehead atoms. The molecule has 1 heterocycles. The van der Waals surface area contributed by atoms with E-state index in [0.717, 1.165) is 32.4 Å². The summed E-state index contributed by atoms with van der Waals surface area (Å²) in [6, 6.07) is -0.830. The topological polar surface area (TPSA) is 81.7 Å². The summed E-state index contributed by atoms with van der Waals surface area (Å²) >= 11 is 0. The quantitative estimate of drug-likeness (QED) is 0.674. The van der Waals surface area contributed by atoms with E-state index in [1.807, 2.05) is 6.92 Å². The van der Waals surface area contributed by atoms with Crippen LogP contribution in [0.1, 0.15) is 39.5 Å².